The average molecular weight is 560 g/mol. The molecule has 41 heavy (non-hydrogen) atoms. The van der Waals surface area contributed by atoms with E-state index in [0.717, 1.165) is 40.2 Å². The normalized spacial score (nSPS) is 14.2. The lowest BCUT2D eigenvalue weighted by Gasteiger charge is -2.40. The Labute approximate surface area is 240 Å². The molecule has 0 radical (unpaired) electrons. The van der Waals surface area contributed by atoms with Gasteiger partial charge in [-0.2, -0.15) is 0 Å². The number of oxime groups is 1. The molecule has 0 aromatic heterocycles. The molecule has 0 atom stereocenters. The zero-order valence-electron chi connectivity index (χ0n) is 23.7. The van der Waals surface area contributed by atoms with Crippen LogP contribution in [-0.4, -0.2) is 65.8 Å². The van der Waals surface area contributed by atoms with E-state index >= 15 is 0 Å². The fraction of sp³-hybridized carbons (Fsp3) is 0.344. The van der Waals surface area contributed by atoms with Crippen LogP contribution in [0.2, 0.25) is 0 Å². The molecule has 0 spiro atoms. The number of fused-ring (bicyclic) bond motifs is 1. The van der Waals surface area contributed by atoms with Crippen LogP contribution in [0, 0.1) is 0 Å². The van der Waals surface area contributed by atoms with Crippen LogP contribution in [0.15, 0.2) is 78.0 Å². The van der Waals surface area contributed by atoms with Crippen molar-refractivity contribution in [3.8, 4) is 5.75 Å². The van der Waals surface area contributed by atoms with E-state index in [0.29, 0.717) is 24.6 Å². The molecule has 4 rings (SSSR count). The van der Waals surface area contributed by atoms with Crippen LogP contribution in [0.5, 0.6) is 5.75 Å². The number of amides is 1. The Morgan fingerprint density at radius 3 is 2.41 bits per heavy atom. The number of carbonyl (C=O) groups excluding carboxylic acids is 1. The highest BCUT2D eigenvalue weighted by Crippen LogP contribution is 2.40. The van der Waals surface area contributed by atoms with E-state index < -0.39 is 12.1 Å². The van der Waals surface area contributed by atoms with Crippen LogP contribution < -0.4 is 9.64 Å². The van der Waals surface area contributed by atoms with E-state index in [4.69, 9.17) is 9.47 Å². The highest BCUT2D eigenvalue weighted by atomic mass is 16.5. The molecule has 0 fully saturated rings. The second-order valence-corrected chi connectivity index (χ2v) is 10.6. The molecule has 1 heterocycles. The maximum atomic E-state index is 11.7. The summed E-state index contributed by atoms with van der Waals surface area (Å²) in [6.07, 6.45) is -0.212. The summed E-state index contributed by atoms with van der Waals surface area (Å²) >= 11 is 0. The van der Waals surface area contributed by atoms with E-state index in [1.165, 1.54) is 5.56 Å². The number of nitrogens with zero attached hydrogens (tertiary/aromatic N) is 3. The smallest absolute Gasteiger partial charge is 0.408 e. The standard InChI is InChI=1S/C32H37N3O6/c1-4-40-29(36)22-35(31(37)38)21-23-10-13-26(14-11-23)41-19-18-34-17-16-32(2,3)27-20-25(12-15-28(27)34)30(33-39)24-8-6-5-7-9-24/h5-15,20,39H,4,16-19,21-22H2,1-3H3,(H,37,38)/b33-30+. The first-order valence-electron chi connectivity index (χ1n) is 13.7. The van der Waals surface area contributed by atoms with Gasteiger partial charge in [-0.05, 0) is 54.2 Å². The summed E-state index contributed by atoms with van der Waals surface area (Å²) in [4.78, 5) is 26.6. The summed E-state index contributed by atoms with van der Waals surface area (Å²) in [6, 6.07) is 23.1. The molecular formula is C32H37N3O6. The van der Waals surface area contributed by atoms with Gasteiger partial charge in [-0.15, -0.1) is 0 Å². The third-order valence-electron chi connectivity index (χ3n) is 7.32. The second-order valence-electron chi connectivity index (χ2n) is 10.6. The molecule has 0 bridgehead atoms. The lowest BCUT2D eigenvalue weighted by Crippen LogP contribution is -2.39. The summed E-state index contributed by atoms with van der Waals surface area (Å²) in [5.41, 5.74) is 5.32. The average Bonchev–Trinajstić information content (AvgIpc) is 2.96. The zero-order chi connectivity index (χ0) is 29.4. The van der Waals surface area contributed by atoms with Gasteiger partial charge in [-0.25, -0.2) is 4.79 Å². The van der Waals surface area contributed by atoms with Crippen LogP contribution in [-0.2, 0) is 21.5 Å². The molecule has 1 amide bonds. The molecule has 2 N–H and O–H groups in total. The first-order chi connectivity index (χ1) is 19.7. The largest absolute Gasteiger partial charge is 0.492 e. The summed E-state index contributed by atoms with van der Waals surface area (Å²) in [5, 5.41) is 22.8. The van der Waals surface area contributed by atoms with Crippen LogP contribution in [0.25, 0.3) is 0 Å². The first-order valence-corrected chi connectivity index (χ1v) is 13.7. The lowest BCUT2D eigenvalue weighted by molar-refractivity contribution is -0.144. The van der Waals surface area contributed by atoms with E-state index in [1.807, 2.05) is 36.4 Å². The fourth-order valence-corrected chi connectivity index (χ4v) is 5.02. The van der Waals surface area contributed by atoms with Crippen molar-refractivity contribution in [3.05, 3.63) is 95.1 Å². The van der Waals surface area contributed by atoms with Crippen molar-refractivity contribution in [2.24, 2.45) is 5.16 Å². The Bertz CT molecular complexity index is 1370. The number of anilines is 1. The third kappa shape index (κ3) is 7.36. The quantitative estimate of drug-likeness (QED) is 0.138. The predicted molar refractivity (Wildman–Crippen MR) is 157 cm³/mol. The van der Waals surface area contributed by atoms with Gasteiger partial charge in [-0.3, -0.25) is 9.69 Å². The van der Waals surface area contributed by atoms with Gasteiger partial charge in [0.05, 0.1) is 13.2 Å². The number of hydrogen-bond donors (Lipinski definition) is 2. The van der Waals surface area contributed by atoms with Gasteiger partial charge in [-0.1, -0.05) is 67.5 Å². The number of hydrogen-bond acceptors (Lipinski definition) is 7. The SMILES string of the molecule is CCOC(=O)CN(Cc1ccc(OCCN2CCC(C)(C)c3cc(/C(=N/O)c4ccccc4)ccc32)cc1)C(=O)O. The zero-order valence-corrected chi connectivity index (χ0v) is 23.7. The van der Waals surface area contributed by atoms with Crippen LogP contribution in [0.1, 0.15) is 49.4 Å². The Balaban J connectivity index is 1.39. The molecule has 3 aromatic rings. The molecule has 0 unspecified atom stereocenters. The van der Waals surface area contributed by atoms with Crippen LogP contribution in [0.3, 0.4) is 0 Å². The van der Waals surface area contributed by atoms with Crippen LogP contribution >= 0.6 is 0 Å². The number of esters is 1. The summed E-state index contributed by atoms with van der Waals surface area (Å²) in [6.45, 7) is 8.16. The minimum absolute atomic E-state index is 0.0348. The lowest BCUT2D eigenvalue weighted by atomic mass is 9.76. The highest BCUT2D eigenvalue weighted by Gasteiger charge is 2.32. The fourth-order valence-electron chi connectivity index (χ4n) is 5.02. The van der Waals surface area contributed by atoms with Gasteiger partial charge < -0.3 is 24.7 Å². The summed E-state index contributed by atoms with van der Waals surface area (Å²) in [5.74, 6) is 0.104. The molecular weight excluding hydrogens is 522 g/mol. The van der Waals surface area contributed by atoms with Crippen LogP contribution in [0.4, 0.5) is 10.5 Å². The number of carbonyl (C=O) groups is 2. The number of benzene rings is 3. The minimum Gasteiger partial charge on any atom is -0.492 e. The topological polar surface area (TPSA) is 112 Å². The number of ether oxygens (including phenoxy) is 2. The Hall–Kier alpha value is -4.53. The van der Waals surface area contributed by atoms with Gasteiger partial charge >= 0.3 is 12.1 Å². The predicted octanol–water partition coefficient (Wildman–Crippen LogP) is 5.52. The van der Waals surface area contributed by atoms with E-state index in [-0.39, 0.29) is 25.1 Å². The van der Waals surface area contributed by atoms with Crippen molar-refractivity contribution in [1.82, 2.24) is 4.90 Å². The highest BCUT2D eigenvalue weighted by molar-refractivity contribution is 6.12. The third-order valence-corrected chi connectivity index (χ3v) is 7.32. The molecule has 0 saturated carbocycles. The van der Waals surface area contributed by atoms with Gasteiger partial charge in [0.25, 0.3) is 0 Å². The molecule has 216 valence electrons. The van der Waals surface area contributed by atoms with E-state index in [2.05, 4.69) is 36.0 Å². The molecule has 9 nitrogen and oxygen atoms in total. The molecule has 1 aliphatic heterocycles. The maximum absolute atomic E-state index is 11.7. The molecule has 9 heteroatoms. The van der Waals surface area contributed by atoms with Crippen molar-refractivity contribution in [2.75, 3.05) is 37.7 Å². The van der Waals surface area contributed by atoms with Gasteiger partial charge in [0.2, 0.25) is 0 Å². The van der Waals surface area contributed by atoms with E-state index in [1.54, 1.807) is 31.2 Å². The minimum atomic E-state index is -1.18. The molecule has 0 aliphatic carbocycles. The molecule has 3 aromatic carbocycles. The van der Waals surface area contributed by atoms with E-state index in [9.17, 15) is 19.9 Å². The number of rotatable bonds is 11. The monoisotopic (exact) mass is 559 g/mol. The molecule has 0 saturated heterocycles. The van der Waals surface area contributed by atoms with Gasteiger partial charge in [0, 0.05) is 29.9 Å². The van der Waals surface area contributed by atoms with Gasteiger partial charge in [0.1, 0.15) is 24.6 Å². The van der Waals surface area contributed by atoms with Crippen molar-refractivity contribution in [3.63, 3.8) is 0 Å². The summed E-state index contributed by atoms with van der Waals surface area (Å²) < 4.78 is 10.9. The number of carboxylic acid groups (broad SMARTS) is 1. The van der Waals surface area contributed by atoms with Crippen molar-refractivity contribution >= 4 is 23.5 Å². The van der Waals surface area contributed by atoms with Crippen molar-refractivity contribution < 1.29 is 29.4 Å². The maximum Gasteiger partial charge on any atom is 0.408 e. The summed E-state index contributed by atoms with van der Waals surface area (Å²) in [7, 11) is 0. The first kappa shape index (κ1) is 29.5. The Kier molecular flexibility index (Phi) is 9.49. The van der Waals surface area contributed by atoms with Crippen molar-refractivity contribution in [1.29, 1.82) is 0 Å². The molecule has 1 aliphatic rings. The Morgan fingerprint density at radius 2 is 1.76 bits per heavy atom. The van der Waals surface area contributed by atoms with Crippen molar-refractivity contribution in [2.45, 2.75) is 39.2 Å². The van der Waals surface area contributed by atoms with Gasteiger partial charge in [0.15, 0.2) is 0 Å². The Morgan fingerprint density at radius 1 is 1.02 bits per heavy atom. The second kappa shape index (κ2) is 13.2.